The van der Waals surface area contributed by atoms with Gasteiger partial charge in [0.05, 0.1) is 26.1 Å². The van der Waals surface area contributed by atoms with Crippen molar-refractivity contribution in [3.63, 3.8) is 0 Å². The van der Waals surface area contributed by atoms with Crippen molar-refractivity contribution in [3.05, 3.63) is 41.5 Å². The van der Waals surface area contributed by atoms with Gasteiger partial charge in [0.2, 0.25) is 11.8 Å². The number of fused-ring (bicyclic) bond motifs is 4. The van der Waals surface area contributed by atoms with Crippen LogP contribution in [0.15, 0.2) is 35.9 Å². The van der Waals surface area contributed by atoms with Crippen molar-refractivity contribution in [3.8, 4) is 11.5 Å². The summed E-state index contributed by atoms with van der Waals surface area (Å²) in [4.78, 5) is 62.9. The van der Waals surface area contributed by atoms with Gasteiger partial charge in [0.25, 0.3) is 11.8 Å². The van der Waals surface area contributed by atoms with Gasteiger partial charge in [-0.15, -0.1) is 23.2 Å². The third-order valence-electron chi connectivity index (χ3n) is 8.11. The molecule has 0 radical (unpaired) electrons. The monoisotopic (exact) mass is 562 g/mol. The Morgan fingerprint density at radius 1 is 1.11 bits per heavy atom. The van der Waals surface area contributed by atoms with E-state index in [9.17, 15) is 29.1 Å². The number of benzene rings is 1. The van der Waals surface area contributed by atoms with Gasteiger partial charge in [0.15, 0.2) is 21.2 Å². The fraction of sp³-hybridized carbons (Fsp3) is 0.423. The van der Waals surface area contributed by atoms with Gasteiger partial charge in [-0.1, -0.05) is 29.9 Å². The van der Waals surface area contributed by atoms with E-state index in [0.717, 1.165) is 12.0 Å². The van der Waals surface area contributed by atoms with Crippen molar-refractivity contribution in [1.82, 2.24) is 9.80 Å². The molecule has 1 aromatic carbocycles. The number of phenolic OH excluding ortho intramolecular Hbond substituents is 1. The van der Waals surface area contributed by atoms with Gasteiger partial charge in [0, 0.05) is 13.0 Å². The highest BCUT2D eigenvalue weighted by Gasteiger charge is 2.75. The lowest BCUT2D eigenvalue weighted by atomic mass is 9.57. The number of hydrogen-bond donors (Lipinski definition) is 1. The van der Waals surface area contributed by atoms with Gasteiger partial charge in [-0.3, -0.25) is 24.1 Å². The van der Waals surface area contributed by atoms with E-state index in [0.29, 0.717) is 16.0 Å². The van der Waals surface area contributed by atoms with E-state index in [1.807, 2.05) is 0 Å². The summed E-state index contributed by atoms with van der Waals surface area (Å²) in [5.41, 5.74) is 1.19. The standard InChI is InChI=1S/C26H24Cl2N2O8/c1-29-22(34)25(27)11-15-13(6-7-14-19(15)21(33)30(20(14)32)24(36)38-3)16(26(25,28)23(29)35)8-4-12-5-9-17(31)18(10-12)37-2/h4-6,8-10,14-16,19,31H,7,11H2,1-3H3. The molecule has 2 saturated heterocycles. The third-order valence-corrected chi connectivity index (χ3v) is 9.54. The molecule has 1 saturated carbocycles. The molecule has 1 N–H and O–H groups in total. The van der Waals surface area contributed by atoms with Gasteiger partial charge >= 0.3 is 6.09 Å². The number of rotatable bonds is 3. The minimum Gasteiger partial charge on any atom is -0.504 e. The molecule has 200 valence electrons. The quantitative estimate of drug-likeness (QED) is 0.338. The van der Waals surface area contributed by atoms with Crippen LogP contribution in [0.3, 0.4) is 0 Å². The van der Waals surface area contributed by atoms with Crippen molar-refractivity contribution >= 4 is 59.0 Å². The zero-order valence-corrected chi connectivity index (χ0v) is 22.2. The van der Waals surface area contributed by atoms with Crippen molar-refractivity contribution in [2.45, 2.75) is 22.6 Å². The number of imide groups is 4. The number of ether oxygens (including phenoxy) is 2. The zero-order valence-electron chi connectivity index (χ0n) is 20.6. The molecule has 6 unspecified atom stereocenters. The van der Waals surface area contributed by atoms with Crippen LogP contribution in [0.4, 0.5) is 4.79 Å². The summed E-state index contributed by atoms with van der Waals surface area (Å²) < 4.78 is 9.80. The highest BCUT2D eigenvalue weighted by atomic mass is 35.5. The number of nitrogens with zero attached hydrogens (tertiary/aromatic N) is 2. The van der Waals surface area contributed by atoms with Crippen LogP contribution in [0.25, 0.3) is 6.08 Å². The summed E-state index contributed by atoms with van der Waals surface area (Å²) >= 11 is 14.0. The van der Waals surface area contributed by atoms with Crippen LogP contribution in [0, 0.1) is 23.7 Å². The van der Waals surface area contributed by atoms with Crippen LogP contribution < -0.4 is 4.74 Å². The molecule has 0 bridgehead atoms. The smallest absolute Gasteiger partial charge is 0.423 e. The minimum absolute atomic E-state index is 0.0604. The lowest BCUT2D eigenvalue weighted by Gasteiger charge is -2.49. The molecule has 2 aliphatic heterocycles. The van der Waals surface area contributed by atoms with Crippen molar-refractivity contribution < 1.29 is 38.6 Å². The predicted molar refractivity (Wildman–Crippen MR) is 134 cm³/mol. The summed E-state index contributed by atoms with van der Waals surface area (Å²) in [6.07, 6.45) is 3.92. The zero-order chi connectivity index (χ0) is 27.7. The maximum Gasteiger partial charge on any atom is 0.423 e. The van der Waals surface area contributed by atoms with E-state index in [4.69, 9.17) is 27.9 Å². The molecule has 38 heavy (non-hydrogen) atoms. The van der Waals surface area contributed by atoms with Crippen LogP contribution >= 0.6 is 23.2 Å². The molecule has 5 amide bonds. The molecule has 0 spiro atoms. The maximum atomic E-state index is 13.4. The first-order chi connectivity index (χ1) is 17.9. The Bertz CT molecular complexity index is 1360. The van der Waals surface area contributed by atoms with E-state index in [1.165, 1.54) is 20.2 Å². The summed E-state index contributed by atoms with van der Waals surface area (Å²) in [6.45, 7) is 0. The molecule has 12 heteroatoms. The Hall–Kier alpha value is -3.37. The fourth-order valence-electron chi connectivity index (χ4n) is 6.27. The minimum atomic E-state index is -1.91. The van der Waals surface area contributed by atoms with E-state index < -0.39 is 63.1 Å². The normalized spacial score (nSPS) is 34.3. The first-order valence-electron chi connectivity index (χ1n) is 11.8. The number of likely N-dealkylation sites (tertiary alicyclic amines) is 2. The van der Waals surface area contributed by atoms with Gasteiger partial charge in [0.1, 0.15) is 0 Å². The van der Waals surface area contributed by atoms with Gasteiger partial charge in [-0.25, -0.2) is 4.79 Å². The molecular formula is C26H24Cl2N2O8. The number of amides is 5. The maximum absolute atomic E-state index is 13.4. The Labute approximate surface area is 227 Å². The average Bonchev–Trinajstić information content (AvgIpc) is 3.23. The summed E-state index contributed by atoms with van der Waals surface area (Å²) in [6, 6.07) is 4.64. The summed E-state index contributed by atoms with van der Waals surface area (Å²) in [5.74, 6) is -6.11. The van der Waals surface area contributed by atoms with E-state index in [2.05, 4.69) is 4.74 Å². The number of carbonyl (C=O) groups is 5. The largest absolute Gasteiger partial charge is 0.504 e. The molecule has 2 heterocycles. The van der Waals surface area contributed by atoms with Crippen molar-refractivity contribution in [2.24, 2.45) is 23.7 Å². The second-order valence-electron chi connectivity index (χ2n) is 9.81. The van der Waals surface area contributed by atoms with Crippen LogP contribution in [0.1, 0.15) is 18.4 Å². The molecule has 0 aromatic heterocycles. The molecule has 10 nitrogen and oxygen atoms in total. The Morgan fingerprint density at radius 3 is 2.47 bits per heavy atom. The lowest BCUT2D eigenvalue weighted by Crippen LogP contribution is -2.60. The molecule has 1 aromatic rings. The highest BCUT2D eigenvalue weighted by molar-refractivity contribution is 6.53. The Balaban J connectivity index is 1.63. The van der Waals surface area contributed by atoms with Crippen LogP contribution in [0.2, 0.25) is 0 Å². The van der Waals surface area contributed by atoms with Crippen LogP contribution in [0.5, 0.6) is 11.5 Å². The lowest BCUT2D eigenvalue weighted by molar-refractivity contribution is -0.139. The molecule has 2 aliphatic carbocycles. The fourth-order valence-corrected chi connectivity index (χ4v) is 7.24. The van der Waals surface area contributed by atoms with Gasteiger partial charge < -0.3 is 14.6 Å². The highest BCUT2D eigenvalue weighted by Crippen LogP contribution is 2.63. The summed E-state index contributed by atoms with van der Waals surface area (Å²) in [5, 5.41) is 9.93. The third kappa shape index (κ3) is 3.29. The molecule has 3 fully saturated rings. The van der Waals surface area contributed by atoms with Crippen molar-refractivity contribution in [1.29, 1.82) is 0 Å². The number of hydrogen-bond acceptors (Lipinski definition) is 8. The van der Waals surface area contributed by atoms with E-state index in [-0.39, 0.29) is 24.3 Å². The van der Waals surface area contributed by atoms with Crippen LogP contribution in [-0.4, -0.2) is 75.6 Å². The molecule has 6 atom stereocenters. The Morgan fingerprint density at radius 2 is 1.82 bits per heavy atom. The SMILES string of the molecule is COC(=O)N1C(=O)C2CC=C3C(CC4(Cl)C(=O)N(C)C(=O)C4(Cl)C3C=Cc3ccc(O)c(OC)c3)C2C1=O. The number of methoxy groups -OCH3 is 2. The number of alkyl halides is 2. The molecule has 4 aliphatic rings. The van der Waals surface area contributed by atoms with Gasteiger partial charge in [-0.2, -0.15) is 4.90 Å². The second kappa shape index (κ2) is 8.84. The van der Waals surface area contributed by atoms with E-state index >= 15 is 0 Å². The number of aromatic hydroxyl groups is 1. The molecular weight excluding hydrogens is 539 g/mol. The predicted octanol–water partition coefficient (Wildman–Crippen LogP) is 2.70. The first kappa shape index (κ1) is 26.2. The number of phenols is 1. The topological polar surface area (TPSA) is 131 Å². The summed E-state index contributed by atoms with van der Waals surface area (Å²) in [7, 11) is 3.78. The van der Waals surface area contributed by atoms with Crippen LogP contribution in [-0.2, 0) is 23.9 Å². The second-order valence-corrected chi connectivity index (χ2v) is 11.1. The molecule has 5 rings (SSSR count). The van der Waals surface area contributed by atoms with Crippen molar-refractivity contribution in [2.75, 3.05) is 21.3 Å². The Kier molecular flexibility index (Phi) is 6.11. The number of allylic oxidation sites excluding steroid dienone is 3. The van der Waals surface area contributed by atoms with Gasteiger partial charge in [-0.05, 0) is 36.5 Å². The first-order valence-corrected chi connectivity index (χ1v) is 12.6. The number of halogens is 2. The average molecular weight is 563 g/mol. The van der Waals surface area contributed by atoms with E-state index in [1.54, 1.807) is 30.4 Å². The number of carbonyl (C=O) groups excluding carboxylic acids is 5.